The van der Waals surface area contributed by atoms with Crippen molar-refractivity contribution in [3.8, 4) is 0 Å². The molecule has 0 radical (unpaired) electrons. The Labute approximate surface area is 166 Å². The highest BCUT2D eigenvalue weighted by atomic mass is 19.4. The molecule has 0 amide bonds. The Morgan fingerprint density at radius 1 is 1.14 bits per heavy atom. The highest BCUT2D eigenvalue weighted by Crippen LogP contribution is 2.36. The minimum atomic E-state index is -4.48. The zero-order chi connectivity index (χ0) is 20.0. The molecule has 0 atom stereocenters. The highest BCUT2D eigenvalue weighted by molar-refractivity contribution is 5.59. The maximum atomic E-state index is 13.2. The average Bonchev–Trinajstić information content (AvgIpc) is 3.43. The molecule has 0 unspecified atom stereocenters. The fourth-order valence-electron chi connectivity index (χ4n) is 3.81. The van der Waals surface area contributed by atoms with Crippen LogP contribution in [0.15, 0.2) is 24.4 Å². The van der Waals surface area contributed by atoms with Gasteiger partial charge in [0.15, 0.2) is 0 Å². The number of aromatic nitrogens is 2. The van der Waals surface area contributed by atoms with Crippen LogP contribution in [0.2, 0.25) is 0 Å². The summed E-state index contributed by atoms with van der Waals surface area (Å²) in [5.74, 6) is 0.0132. The maximum Gasteiger partial charge on any atom is 0.421 e. The third-order valence-electron chi connectivity index (χ3n) is 5.79. The van der Waals surface area contributed by atoms with Gasteiger partial charge in [0.05, 0.1) is 0 Å². The van der Waals surface area contributed by atoms with E-state index in [0.717, 1.165) is 57.3 Å². The molecule has 6 nitrogen and oxygen atoms in total. The van der Waals surface area contributed by atoms with Crippen molar-refractivity contribution >= 4 is 17.5 Å². The van der Waals surface area contributed by atoms with Gasteiger partial charge in [0.1, 0.15) is 11.4 Å². The monoisotopic (exact) mass is 404 g/mol. The average molecular weight is 404 g/mol. The number of benzene rings is 1. The molecular weight excluding hydrogens is 381 g/mol. The summed E-state index contributed by atoms with van der Waals surface area (Å²) in [6.45, 7) is 4.07. The predicted octanol–water partition coefficient (Wildman–Crippen LogP) is 3.14. The van der Waals surface area contributed by atoms with Crippen molar-refractivity contribution in [3.63, 3.8) is 0 Å². The van der Waals surface area contributed by atoms with Crippen LogP contribution in [-0.4, -0.2) is 46.6 Å². The lowest BCUT2D eigenvalue weighted by Crippen LogP contribution is -2.57. The molecule has 2 fully saturated rings. The summed E-state index contributed by atoms with van der Waals surface area (Å²) in [5.41, 5.74) is 2.53. The first-order valence-electron chi connectivity index (χ1n) is 10.00. The van der Waals surface area contributed by atoms with Crippen LogP contribution in [0.3, 0.4) is 0 Å². The third-order valence-corrected chi connectivity index (χ3v) is 5.79. The van der Waals surface area contributed by atoms with E-state index in [1.54, 1.807) is 0 Å². The smallest absolute Gasteiger partial charge is 0.367 e. The van der Waals surface area contributed by atoms with Gasteiger partial charge in [-0.25, -0.2) is 4.98 Å². The Hall–Kier alpha value is -2.39. The summed E-state index contributed by atoms with van der Waals surface area (Å²) in [5, 5.41) is 9.25. The van der Waals surface area contributed by atoms with E-state index in [0.29, 0.717) is 6.04 Å². The van der Waals surface area contributed by atoms with Gasteiger partial charge in [-0.1, -0.05) is 6.07 Å². The number of alkyl halides is 3. The van der Waals surface area contributed by atoms with Crippen molar-refractivity contribution in [2.75, 3.05) is 30.3 Å². The van der Waals surface area contributed by atoms with Crippen molar-refractivity contribution in [2.45, 2.75) is 44.1 Å². The van der Waals surface area contributed by atoms with Crippen molar-refractivity contribution in [1.82, 2.24) is 20.2 Å². The van der Waals surface area contributed by atoms with E-state index in [1.165, 1.54) is 11.1 Å². The minimum absolute atomic E-state index is 0.0661. The molecule has 5 rings (SSSR count). The summed E-state index contributed by atoms with van der Waals surface area (Å²) in [6.07, 6.45) is -0.943. The van der Waals surface area contributed by atoms with Gasteiger partial charge in [-0.05, 0) is 42.5 Å². The first kappa shape index (κ1) is 18.6. The van der Waals surface area contributed by atoms with Crippen molar-refractivity contribution < 1.29 is 13.2 Å². The fraction of sp³-hybridized carbons (Fsp3) is 0.500. The normalized spacial score (nSPS) is 20.1. The maximum absolute atomic E-state index is 13.2. The molecule has 1 aliphatic carbocycles. The molecule has 1 saturated carbocycles. The molecule has 2 aliphatic heterocycles. The lowest BCUT2D eigenvalue weighted by molar-refractivity contribution is -0.137. The quantitative estimate of drug-likeness (QED) is 0.712. The molecule has 29 heavy (non-hydrogen) atoms. The number of anilines is 3. The van der Waals surface area contributed by atoms with Crippen molar-refractivity contribution in [2.24, 2.45) is 0 Å². The second-order valence-electron chi connectivity index (χ2n) is 8.01. The standard InChI is InChI=1S/C20H23F3N6/c21-20(22,23)17-10-25-19(28-18(17)26-14-3-4-14)27-15-2-1-13-11-29(16-8-24-9-16)6-5-12(13)7-15/h1-2,7,10,14,16,24H,3-6,8-9,11H2,(H2,25,26,27,28). The molecule has 154 valence electrons. The first-order chi connectivity index (χ1) is 14.0. The molecule has 3 N–H and O–H groups in total. The summed E-state index contributed by atoms with van der Waals surface area (Å²) in [6, 6.07) is 6.77. The third kappa shape index (κ3) is 4.02. The summed E-state index contributed by atoms with van der Waals surface area (Å²) >= 11 is 0. The zero-order valence-corrected chi connectivity index (χ0v) is 15.9. The van der Waals surface area contributed by atoms with Crippen molar-refractivity contribution in [3.05, 3.63) is 41.1 Å². The molecule has 1 aromatic heterocycles. The summed E-state index contributed by atoms with van der Waals surface area (Å²) in [4.78, 5) is 10.5. The van der Waals surface area contributed by atoms with E-state index < -0.39 is 11.7 Å². The zero-order valence-electron chi connectivity index (χ0n) is 15.9. The molecule has 3 aliphatic rings. The molecule has 2 aromatic rings. The van der Waals surface area contributed by atoms with Crippen molar-refractivity contribution in [1.29, 1.82) is 0 Å². The van der Waals surface area contributed by atoms with Crippen LogP contribution in [-0.2, 0) is 19.1 Å². The van der Waals surface area contributed by atoms with E-state index in [2.05, 4.69) is 43.0 Å². The van der Waals surface area contributed by atoms with Crippen LogP contribution in [0.25, 0.3) is 0 Å². The summed E-state index contributed by atoms with van der Waals surface area (Å²) < 4.78 is 39.7. The van der Waals surface area contributed by atoms with Crippen LogP contribution < -0.4 is 16.0 Å². The SMILES string of the molecule is FC(F)(F)c1cnc(Nc2ccc3c(c2)CCN(C2CNC2)C3)nc1NC1CC1. The molecule has 1 saturated heterocycles. The number of fused-ring (bicyclic) bond motifs is 1. The second kappa shape index (κ2) is 7.14. The number of rotatable bonds is 5. The van der Waals surface area contributed by atoms with Gasteiger partial charge in [0.25, 0.3) is 0 Å². The van der Waals surface area contributed by atoms with Gasteiger partial charge in [-0.3, -0.25) is 4.90 Å². The van der Waals surface area contributed by atoms with E-state index in [9.17, 15) is 13.2 Å². The van der Waals surface area contributed by atoms with E-state index in [1.807, 2.05) is 6.07 Å². The van der Waals surface area contributed by atoms with Crippen LogP contribution >= 0.6 is 0 Å². The number of hydrogen-bond acceptors (Lipinski definition) is 6. The van der Waals surface area contributed by atoms with Gasteiger partial charge < -0.3 is 16.0 Å². The molecule has 1 aromatic carbocycles. The molecule has 0 bridgehead atoms. The van der Waals surface area contributed by atoms with E-state index in [4.69, 9.17) is 0 Å². The van der Waals surface area contributed by atoms with Gasteiger partial charge in [0, 0.05) is 50.1 Å². The van der Waals surface area contributed by atoms with Crippen LogP contribution in [0.4, 0.5) is 30.6 Å². The van der Waals surface area contributed by atoms with E-state index in [-0.39, 0.29) is 17.8 Å². The van der Waals surface area contributed by atoms with Gasteiger partial charge in [0.2, 0.25) is 5.95 Å². The number of halogens is 3. The van der Waals surface area contributed by atoms with Gasteiger partial charge in [-0.2, -0.15) is 18.2 Å². The van der Waals surface area contributed by atoms with Gasteiger partial charge >= 0.3 is 6.18 Å². The highest BCUT2D eigenvalue weighted by Gasteiger charge is 2.37. The molecular formula is C20H23F3N6. The predicted molar refractivity (Wildman–Crippen MR) is 104 cm³/mol. The Balaban J connectivity index is 1.33. The van der Waals surface area contributed by atoms with Crippen LogP contribution in [0, 0.1) is 0 Å². The largest absolute Gasteiger partial charge is 0.421 e. The summed E-state index contributed by atoms with van der Waals surface area (Å²) in [7, 11) is 0. The lowest BCUT2D eigenvalue weighted by Gasteiger charge is -2.41. The van der Waals surface area contributed by atoms with E-state index >= 15 is 0 Å². The minimum Gasteiger partial charge on any atom is -0.367 e. The van der Waals surface area contributed by atoms with Crippen LogP contribution in [0.5, 0.6) is 0 Å². The Bertz CT molecular complexity index is 908. The Morgan fingerprint density at radius 2 is 1.97 bits per heavy atom. The number of nitrogens with zero attached hydrogens (tertiary/aromatic N) is 3. The second-order valence-corrected chi connectivity index (χ2v) is 8.01. The molecule has 9 heteroatoms. The first-order valence-corrected chi connectivity index (χ1v) is 10.00. The molecule has 0 spiro atoms. The van der Waals surface area contributed by atoms with Crippen LogP contribution in [0.1, 0.15) is 29.5 Å². The lowest BCUT2D eigenvalue weighted by atomic mass is 9.96. The Morgan fingerprint density at radius 3 is 2.66 bits per heavy atom. The topological polar surface area (TPSA) is 65.1 Å². The number of nitrogens with one attached hydrogen (secondary N) is 3. The number of hydrogen-bond donors (Lipinski definition) is 3. The Kier molecular flexibility index (Phi) is 4.59. The molecule has 3 heterocycles. The fourth-order valence-corrected chi connectivity index (χ4v) is 3.81. The van der Waals surface area contributed by atoms with Gasteiger partial charge in [-0.15, -0.1) is 0 Å².